The van der Waals surface area contributed by atoms with Crippen LogP contribution in [0.3, 0.4) is 0 Å². The monoisotopic (exact) mass is 376 g/mol. The number of rotatable bonds is 9. The highest BCUT2D eigenvalue weighted by atomic mass is 35.5. The number of nitrogens with two attached hydrogens (primary N) is 1. The van der Waals surface area contributed by atoms with Crippen molar-refractivity contribution in [3.63, 3.8) is 0 Å². The average molecular weight is 377 g/mol. The topological polar surface area (TPSA) is 64.4 Å². The van der Waals surface area contributed by atoms with E-state index < -0.39 is 5.41 Å². The third-order valence-corrected chi connectivity index (χ3v) is 4.84. The second kappa shape index (κ2) is 10.8. The Hall–Kier alpha value is -2.04. The van der Waals surface area contributed by atoms with Crippen LogP contribution in [0.25, 0.3) is 11.1 Å². The van der Waals surface area contributed by atoms with Crippen LogP contribution in [0.2, 0.25) is 0 Å². The molecule has 5 heteroatoms. The van der Waals surface area contributed by atoms with E-state index in [1.807, 2.05) is 56.3 Å². The fraction of sp³-hybridized carbons (Fsp3) is 0.381. The molecule has 0 heterocycles. The molecule has 0 radical (unpaired) electrons. The summed E-state index contributed by atoms with van der Waals surface area (Å²) in [7, 11) is 0. The number of para-hydroxylation sites is 1. The summed E-state index contributed by atoms with van der Waals surface area (Å²) in [6, 6.07) is 18.1. The summed E-state index contributed by atoms with van der Waals surface area (Å²) in [6.45, 7) is 5.25. The van der Waals surface area contributed by atoms with Crippen LogP contribution >= 0.6 is 12.4 Å². The van der Waals surface area contributed by atoms with Gasteiger partial charge in [0.2, 0.25) is 5.91 Å². The minimum absolute atomic E-state index is 0. The molecule has 0 bridgehead atoms. The minimum atomic E-state index is -0.470. The highest BCUT2D eigenvalue weighted by molar-refractivity contribution is 5.85. The third kappa shape index (κ3) is 5.23. The van der Waals surface area contributed by atoms with Crippen LogP contribution in [0.5, 0.6) is 5.75 Å². The van der Waals surface area contributed by atoms with Crippen LogP contribution in [0.4, 0.5) is 0 Å². The van der Waals surface area contributed by atoms with E-state index in [0.717, 1.165) is 29.7 Å². The zero-order valence-electron chi connectivity index (χ0n) is 15.5. The predicted molar refractivity (Wildman–Crippen MR) is 110 cm³/mol. The number of hydrogen-bond acceptors (Lipinski definition) is 3. The molecular formula is C21H29ClN2O2. The van der Waals surface area contributed by atoms with Gasteiger partial charge in [0.1, 0.15) is 12.4 Å². The van der Waals surface area contributed by atoms with Gasteiger partial charge in [0.15, 0.2) is 0 Å². The molecule has 0 atom stereocenters. The van der Waals surface area contributed by atoms with Crippen molar-refractivity contribution in [1.82, 2.24) is 5.32 Å². The highest BCUT2D eigenvalue weighted by Crippen LogP contribution is 2.29. The molecule has 0 aromatic heterocycles. The lowest BCUT2D eigenvalue weighted by Crippen LogP contribution is -2.46. The molecule has 2 aromatic carbocycles. The van der Waals surface area contributed by atoms with Crippen molar-refractivity contribution >= 4 is 18.3 Å². The summed E-state index contributed by atoms with van der Waals surface area (Å²) in [5.74, 6) is 0.832. The van der Waals surface area contributed by atoms with E-state index >= 15 is 0 Å². The minimum Gasteiger partial charge on any atom is -0.491 e. The van der Waals surface area contributed by atoms with E-state index in [-0.39, 0.29) is 18.3 Å². The maximum Gasteiger partial charge on any atom is 0.227 e. The number of amides is 1. The SMILES string of the molecule is CCC(CC)(CN)C(=O)NCCOc1ccccc1-c1ccccc1.Cl. The van der Waals surface area contributed by atoms with Gasteiger partial charge in [-0.3, -0.25) is 4.79 Å². The Kier molecular flexibility index (Phi) is 9.17. The second-order valence-corrected chi connectivity index (χ2v) is 6.16. The summed E-state index contributed by atoms with van der Waals surface area (Å²) in [5, 5.41) is 2.96. The van der Waals surface area contributed by atoms with Gasteiger partial charge < -0.3 is 15.8 Å². The first-order chi connectivity index (χ1) is 12.2. The molecule has 26 heavy (non-hydrogen) atoms. The Labute approximate surface area is 162 Å². The summed E-state index contributed by atoms with van der Waals surface area (Å²) in [5.41, 5.74) is 7.51. The molecule has 0 spiro atoms. The molecule has 0 saturated carbocycles. The summed E-state index contributed by atoms with van der Waals surface area (Å²) >= 11 is 0. The molecule has 0 unspecified atom stereocenters. The van der Waals surface area contributed by atoms with Gasteiger partial charge >= 0.3 is 0 Å². The first-order valence-corrected chi connectivity index (χ1v) is 8.92. The lowest BCUT2D eigenvalue weighted by Gasteiger charge is -2.28. The molecule has 0 aliphatic heterocycles. The van der Waals surface area contributed by atoms with E-state index in [0.29, 0.717) is 19.7 Å². The molecule has 0 aliphatic rings. The van der Waals surface area contributed by atoms with Crippen molar-refractivity contribution < 1.29 is 9.53 Å². The normalized spacial score (nSPS) is 10.7. The van der Waals surface area contributed by atoms with Crippen molar-refractivity contribution in [2.24, 2.45) is 11.1 Å². The number of carbonyl (C=O) groups is 1. The quantitative estimate of drug-likeness (QED) is 0.649. The van der Waals surface area contributed by atoms with Crippen molar-refractivity contribution in [1.29, 1.82) is 0 Å². The number of ether oxygens (including phenoxy) is 1. The standard InChI is InChI=1S/C21H28N2O2.ClH/c1-3-21(4-2,16-22)20(24)23-14-15-25-19-13-9-8-12-18(19)17-10-6-5-7-11-17;/h5-13H,3-4,14-16,22H2,1-2H3,(H,23,24);1H. The van der Waals surface area contributed by atoms with Gasteiger partial charge in [-0.25, -0.2) is 0 Å². The predicted octanol–water partition coefficient (Wildman–Crippen LogP) is 4.04. The van der Waals surface area contributed by atoms with Gasteiger partial charge in [0, 0.05) is 12.1 Å². The van der Waals surface area contributed by atoms with E-state index in [1.54, 1.807) is 0 Å². The number of carbonyl (C=O) groups excluding carboxylic acids is 1. The second-order valence-electron chi connectivity index (χ2n) is 6.16. The first kappa shape index (κ1) is 22.0. The Morgan fingerprint density at radius 1 is 1.04 bits per heavy atom. The van der Waals surface area contributed by atoms with E-state index in [2.05, 4.69) is 17.4 Å². The van der Waals surface area contributed by atoms with Crippen molar-refractivity contribution in [2.75, 3.05) is 19.7 Å². The van der Waals surface area contributed by atoms with Crippen LogP contribution in [0.15, 0.2) is 54.6 Å². The van der Waals surface area contributed by atoms with Crippen LogP contribution in [-0.4, -0.2) is 25.6 Å². The molecule has 142 valence electrons. The Bertz CT molecular complexity index is 664. The van der Waals surface area contributed by atoms with Crippen LogP contribution in [0, 0.1) is 5.41 Å². The molecule has 2 rings (SSSR count). The number of halogens is 1. The van der Waals surface area contributed by atoms with Crippen LogP contribution in [-0.2, 0) is 4.79 Å². The fourth-order valence-electron chi connectivity index (χ4n) is 2.91. The fourth-order valence-corrected chi connectivity index (χ4v) is 2.91. The zero-order valence-corrected chi connectivity index (χ0v) is 16.4. The third-order valence-electron chi connectivity index (χ3n) is 4.84. The smallest absolute Gasteiger partial charge is 0.227 e. The Morgan fingerprint density at radius 3 is 2.27 bits per heavy atom. The van der Waals surface area contributed by atoms with Crippen molar-refractivity contribution in [3.05, 3.63) is 54.6 Å². The van der Waals surface area contributed by atoms with Crippen molar-refractivity contribution in [2.45, 2.75) is 26.7 Å². The largest absolute Gasteiger partial charge is 0.491 e. The van der Waals surface area contributed by atoms with E-state index in [4.69, 9.17) is 10.5 Å². The number of nitrogens with one attached hydrogen (secondary N) is 1. The average Bonchev–Trinajstić information content (AvgIpc) is 2.68. The van der Waals surface area contributed by atoms with Gasteiger partial charge in [0.05, 0.1) is 12.0 Å². The van der Waals surface area contributed by atoms with Gasteiger partial charge in [-0.05, 0) is 24.5 Å². The summed E-state index contributed by atoms with van der Waals surface area (Å²) < 4.78 is 5.91. The number of hydrogen-bond donors (Lipinski definition) is 2. The molecule has 0 fully saturated rings. The number of benzene rings is 2. The maximum absolute atomic E-state index is 12.4. The molecule has 3 N–H and O–H groups in total. The van der Waals surface area contributed by atoms with Crippen LogP contribution in [0.1, 0.15) is 26.7 Å². The molecule has 0 aliphatic carbocycles. The molecule has 4 nitrogen and oxygen atoms in total. The zero-order chi connectivity index (χ0) is 18.1. The van der Waals surface area contributed by atoms with Gasteiger partial charge in [-0.15, -0.1) is 12.4 Å². The first-order valence-electron chi connectivity index (χ1n) is 8.92. The van der Waals surface area contributed by atoms with E-state index in [1.165, 1.54) is 0 Å². The van der Waals surface area contributed by atoms with Gasteiger partial charge in [0.25, 0.3) is 0 Å². The van der Waals surface area contributed by atoms with Crippen LogP contribution < -0.4 is 15.8 Å². The molecule has 2 aromatic rings. The Morgan fingerprint density at radius 2 is 1.65 bits per heavy atom. The lowest BCUT2D eigenvalue weighted by molar-refractivity contribution is -0.131. The Balaban J connectivity index is 0.00000338. The highest BCUT2D eigenvalue weighted by Gasteiger charge is 2.32. The molecule has 1 amide bonds. The maximum atomic E-state index is 12.4. The lowest BCUT2D eigenvalue weighted by atomic mass is 9.81. The summed E-state index contributed by atoms with van der Waals surface area (Å²) in [4.78, 5) is 12.4. The molecule has 0 saturated heterocycles. The molecular weight excluding hydrogens is 348 g/mol. The summed E-state index contributed by atoms with van der Waals surface area (Å²) in [6.07, 6.45) is 1.48. The van der Waals surface area contributed by atoms with Crippen molar-refractivity contribution in [3.8, 4) is 16.9 Å². The van der Waals surface area contributed by atoms with Gasteiger partial charge in [-0.2, -0.15) is 0 Å². The van der Waals surface area contributed by atoms with Gasteiger partial charge in [-0.1, -0.05) is 62.4 Å². The van der Waals surface area contributed by atoms with E-state index in [9.17, 15) is 4.79 Å².